The van der Waals surface area contributed by atoms with Gasteiger partial charge in [-0.1, -0.05) is 0 Å². The minimum Gasteiger partial charge on any atom is -0.347 e. The average molecular weight is 165 g/mol. The summed E-state index contributed by atoms with van der Waals surface area (Å²) in [5.41, 5.74) is 0. The number of guanidine groups is 1. The van der Waals surface area contributed by atoms with E-state index >= 15 is 0 Å². The highest BCUT2D eigenvalue weighted by Gasteiger charge is 2.13. The average Bonchev–Trinajstić information content (AvgIpc) is 2.21. The highest BCUT2D eigenvalue weighted by Crippen LogP contribution is 1.98. The molecule has 1 fully saturated rings. The van der Waals surface area contributed by atoms with E-state index in [1.54, 1.807) is 0 Å². The van der Waals surface area contributed by atoms with Crippen LogP contribution in [0.25, 0.3) is 0 Å². The Morgan fingerprint density at radius 2 is 2.17 bits per heavy atom. The predicted octanol–water partition coefficient (Wildman–Crippen LogP) is -0.474. The second-order valence-corrected chi connectivity index (χ2v) is 2.84. The van der Waals surface area contributed by atoms with Crippen molar-refractivity contribution < 1.29 is 0 Å². The highest BCUT2D eigenvalue weighted by atomic mass is 15.3. The minimum absolute atomic E-state index is 0.971. The van der Waals surface area contributed by atoms with Gasteiger partial charge < -0.3 is 15.5 Å². The molecule has 0 aromatic carbocycles. The second kappa shape index (κ2) is 3.58. The molecule has 1 radical (unpaired) electrons. The Morgan fingerprint density at radius 3 is 2.83 bits per heavy atom. The maximum Gasteiger partial charge on any atom is 0.199 e. The normalized spacial score (nSPS) is 23.3. The molecular formula is C8H13N4. The Morgan fingerprint density at radius 1 is 1.33 bits per heavy atom. The summed E-state index contributed by atoms with van der Waals surface area (Å²) in [4.78, 5) is 6.49. The van der Waals surface area contributed by atoms with Gasteiger partial charge in [0.2, 0.25) is 0 Å². The maximum atomic E-state index is 4.24. The second-order valence-electron chi connectivity index (χ2n) is 2.84. The summed E-state index contributed by atoms with van der Waals surface area (Å²) < 4.78 is 0. The van der Waals surface area contributed by atoms with Gasteiger partial charge in [-0.3, -0.25) is 0 Å². The van der Waals surface area contributed by atoms with E-state index in [9.17, 15) is 0 Å². The molecule has 0 saturated carbocycles. The summed E-state index contributed by atoms with van der Waals surface area (Å²) in [5, 5.41) is 6.43. The summed E-state index contributed by atoms with van der Waals surface area (Å²) in [5.74, 6) is 0.971. The van der Waals surface area contributed by atoms with Gasteiger partial charge in [0, 0.05) is 32.4 Å². The van der Waals surface area contributed by atoms with Crippen molar-refractivity contribution in [2.75, 3.05) is 26.2 Å². The molecule has 0 atom stereocenters. The molecule has 12 heavy (non-hydrogen) atoms. The lowest BCUT2D eigenvalue weighted by molar-refractivity contribution is 0.349. The van der Waals surface area contributed by atoms with Gasteiger partial charge in [-0.05, 0) is 6.08 Å². The van der Waals surface area contributed by atoms with Gasteiger partial charge >= 0.3 is 0 Å². The molecule has 0 aromatic rings. The summed E-state index contributed by atoms with van der Waals surface area (Å²) in [6.07, 6.45) is 3.71. The standard InChI is InChI=1S/C8H13N4/c1-2-10-8(11-3-1)12-6-4-9-5-7-12/h1-3,9H,4-7H2,(H,10,11). The van der Waals surface area contributed by atoms with Crippen molar-refractivity contribution in [1.82, 2.24) is 15.5 Å². The van der Waals surface area contributed by atoms with E-state index in [0.29, 0.717) is 0 Å². The van der Waals surface area contributed by atoms with Crippen LogP contribution in [-0.4, -0.2) is 37.0 Å². The molecule has 2 rings (SSSR count). The van der Waals surface area contributed by atoms with Crippen molar-refractivity contribution in [3.05, 3.63) is 18.8 Å². The molecule has 2 aliphatic heterocycles. The minimum atomic E-state index is 0.971. The Balaban J connectivity index is 1.97. The highest BCUT2D eigenvalue weighted by molar-refractivity contribution is 5.82. The SMILES string of the molecule is [CH]1C=CN=C(N2CCNCC2)N1. The van der Waals surface area contributed by atoms with Crippen molar-refractivity contribution >= 4 is 5.96 Å². The molecule has 4 heteroatoms. The van der Waals surface area contributed by atoms with E-state index < -0.39 is 0 Å². The molecule has 0 bridgehead atoms. The molecule has 0 unspecified atom stereocenters. The van der Waals surface area contributed by atoms with Crippen molar-refractivity contribution in [3.8, 4) is 0 Å². The molecule has 0 amide bonds. The lowest BCUT2D eigenvalue weighted by Gasteiger charge is -2.30. The van der Waals surface area contributed by atoms with Crippen molar-refractivity contribution in [2.45, 2.75) is 0 Å². The summed E-state index contributed by atoms with van der Waals surface area (Å²) in [6, 6.07) is 0. The van der Waals surface area contributed by atoms with E-state index in [4.69, 9.17) is 0 Å². The molecular weight excluding hydrogens is 152 g/mol. The quantitative estimate of drug-likeness (QED) is 0.509. The lowest BCUT2D eigenvalue weighted by atomic mass is 10.4. The topological polar surface area (TPSA) is 39.7 Å². The van der Waals surface area contributed by atoms with Crippen molar-refractivity contribution in [3.63, 3.8) is 0 Å². The van der Waals surface area contributed by atoms with Gasteiger partial charge in [-0.2, -0.15) is 0 Å². The van der Waals surface area contributed by atoms with Crippen LogP contribution in [0.15, 0.2) is 17.3 Å². The van der Waals surface area contributed by atoms with Crippen LogP contribution in [0, 0.1) is 6.54 Å². The maximum absolute atomic E-state index is 4.24. The van der Waals surface area contributed by atoms with Gasteiger partial charge in [0.15, 0.2) is 5.96 Å². The zero-order chi connectivity index (χ0) is 8.23. The van der Waals surface area contributed by atoms with Crippen LogP contribution in [-0.2, 0) is 0 Å². The van der Waals surface area contributed by atoms with E-state index in [1.807, 2.05) is 18.8 Å². The van der Waals surface area contributed by atoms with Crippen molar-refractivity contribution in [2.24, 2.45) is 4.99 Å². The Bertz CT molecular complexity index is 203. The van der Waals surface area contributed by atoms with Crippen LogP contribution < -0.4 is 10.6 Å². The van der Waals surface area contributed by atoms with E-state index in [2.05, 4.69) is 20.5 Å². The molecule has 65 valence electrons. The van der Waals surface area contributed by atoms with Crippen molar-refractivity contribution in [1.29, 1.82) is 0 Å². The molecule has 0 spiro atoms. The van der Waals surface area contributed by atoms with Crippen LogP contribution in [0.2, 0.25) is 0 Å². The first kappa shape index (κ1) is 7.61. The number of nitrogens with one attached hydrogen (secondary N) is 2. The van der Waals surface area contributed by atoms with E-state index in [-0.39, 0.29) is 0 Å². The number of hydrogen-bond acceptors (Lipinski definition) is 4. The number of piperazine rings is 1. The summed E-state index contributed by atoms with van der Waals surface area (Å²) in [7, 11) is 0. The molecule has 0 aromatic heterocycles. The van der Waals surface area contributed by atoms with Crippen LogP contribution in [0.4, 0.5) is 0 Å². The fourth-order valence-corrected chi connectivity index (χ4v) is 1.37. The number of hydrogen-bond donors (Lipinski definition) is 2. The zero-order valence-electron chi connectivity index (χ0n) is 6.95. The Hall–Kier alpha value is -1.03. The predicted molar refractivity (Wildman–Crippen MR) is 48.5 cm³/mol. The summed E-state index contributed by atoms with van der Waals surface area (Å²) in [6.45, 7) is 6.07. The fourth-order valence-electron chi connectivity index (χ4n) is 1.37. The Kier molecular flexibility index (Phi) is 2.27. The van der Waals surface area contributed by atoms with Gasteiger partial charge in [-0.15, -0.1) is 0 Å². The van der Waals surface area contributed by atoms with Crippen LogP contribution in [0.1, 0.15) is 0 Å². The largest absolute Gasteiger partial charge is 0.347 e. The molecule has 2 aliphatic rings. The summed E-state index contributed by atoms with van der Waals surface area (Å²) >= 11 is 0. The van der Waals surface area contributed by atoms with Crippen LogP contribution >= 0.6 is 0 Å². The van der Waals surface area contributed by atoms with Gasteiger partial charge in [0.1, 0.15) is 0 Å². The Labute approximate surface area is 72.3 Å². The first-order valence-electron chi connectivity index (χ1n) is 4.25. The zero-order valence-corrected chi connectivity index (χ0v) is 6.95. The molecule has 2 heterocycles. The smallest absolute Gasteiger partial charge is 0.199 e. The number of aliphatic imine (C=N–C) groups is 1. The first-order chi connectivity index (χ1) is 5.97. The van der Waals surface area contributed by atoms with E-state index in [1.165, 1.54) is 0 Å². The lowest BCUT2D eigenvalue weighted by Crippen LogP contribution is -2.50. The number of nitrogens with zero attached hydrogens (tertiary/aromatic N) is 2. The van der Waals surface area contributed by atoms with Gasteiger partial charge in [0.05, 0.1) is 6.54 Å². The fraction of sp³-hybridized carbons (Fsp3) is 0.500. The van der Waals surface area contributed by atoms with Crippen LogP contribution in [0.5, 0.6) is 0 Å². The molecule has 1 saturated heterocycles. The van der Waals surface area contributed by atoms with E-state index in [0.717, 1.165) is 32.1 Å². The third kappa shape index (κ3) is 1.58. The first-order valence-corrected chi connectivity index (χ1v) is 4.25. The number of rotatable bonds is 0. The monoisotopic (exact) mass is 165 g/mol. The third-order valence-electron chi connectivity index (χ3n) is 2.01. The van der Waals surface area contributed by atoms with Gasteiger partial charge in [0.25, 0.3) is 0 Å². The van der Waals surface area contributed by atoms with Gasteiger partial charge in [-0.25, -0.2) is 4.99 Å². The molecule has 4 nitrogen and oxygen atoms in total. The molecule has 2 N–H and O–H groups in total. The molecule has 0 aliphatic carbocycles. The third-order valence-corrected chi connectivity index (χ3v) is 2.01. The van der Waals surface area contributed by atoms with Crippen LogP contribution in [0.3, 0.4) is 0 Å².